The molecule has 1 heterocycles. The van der Waals surface area contributed by atoms with Gasteiger partial charge in [0.15, 0.2) is 0 Å². The van der Waals surface area contributed by atoms with Gasteiger partial charge in [0.1, 0.15) is 11.6 Å². The van der Waals surface area contributed by atoms with E-state index in [0.717, 1.165) is 22.7 Å². The summed E-state index contributed by atoms with van der Waals surface area (Å²) in [7, 11) is 1.90. The quantitative estimate of drug-likeness (QED) is 0.894. The summed E-state index contributed by atoms with van der Waals surface area (Å²) < 4.78 is 5.67. The van der Waals surface area contributed by atoms with Crippen LogP contribution in [0.25, 0.3) is 0 Å². The van der Waals surface area contributed by atoms with E-state index in [-0.39, 0.29) is 6.04 Å². The smallest absolute Gasteiger partial charge is 0.149 e. The van der Waals surface area contributed by atoms with Gasteiger partial charge in [-0.3, -0.25) is 0 Å². The van der Waals surface area contributed by atoms with Crippen molar-refractivity contribution in [3.8, 4) is 5.75 Å². The Morgan fingerprint density at radius 2 is 1.89 bits per heavy atom. The highest BCUT2D eigenvalue weighted by molar-refractivity contribution is 5.38. The molecule has 0 aliphatic carbocycles. The molecular formula is C15H19N3O. The molecule has 0 fully saturated rings. The molecule has 2 aromatic rings. The number of nitrogens with zero attached hydrogens (tertiary/aromatic N) is 2. The van der Waals surface area contributed by atoms with Crippen LogP contribution in [-0.2, 0) is 0 Å². The third-order valence-electron chi connectivity index (χ3n) is 2.88. The van der Waals surface area contributed by atoms with Crippen LogP contribution in [0.1, 0.15) is 29.9 Å². The molecule has 100 valence electrons. The first-order chi connectivity index (χ1) is 9.26. The molecule has 0 saturated carbocycles. The summed E-state index contributed by atoms with van der Waals surface area (Å²) in [4.78, 5) is 8.80. The van der Waals surface area contributed by atoms with E-state index in [9.17, 15) is 0 Å². The number of ether oxygens (including phenoxy) is 1. The van der Waals surface area contributed by atoms with Gasteiger partial charge in [0.25, 0.3) is 0 Å². The van der Waals surface area contributed by atoms with Crippen LogP contribution >= 0.6 is 0 Å². The van der Waals surface area contributed by atoms with Crippen LogP contribution in [0.15, 0.2) is 36.7 Å². The minimum atomic E-state index is -0.0663. The van der Waals surface area contributed by atoms with Gasteiger partial charge >= 0.3 is 0 Å². The fraction of sp³-hybridized carbons (Fsp3) is 0.333. The summed E-state index contributed by atoms with van der Waals surface area (Å²) in [6.07, 6.45) is 3.66. The lowest BCUT2D eigenvalue weighted by Gasteiger charge is -2.18. The second-order valence-electron chi connectivity index (χ2n) is 4.31. The Balaban J connectivity index is 2.39. The van der Waals surface area contributed by atoms with Crippen LogP contribution in [0.2, 0.25) is 0 Å². The molecule has 0 spiro atoms. The number of hydrogen-bond donors (Lipinski definition) is 1. The Morgan fingerprint density at radius 1 is 1.21 bits per heavy atom. The Kier molecular flexibility index (Phi) is 4.47. The Morgan fingerprint density at radius 3 is 2.53 bits per heavy atom. The zero-order valence-corrected chi connectivity index (χ0v) is 11.6. The highest BCUT2D eigenvalue weighted by Gasteiger charge is 2.18. The molecule has 0 radical (unpaired) electrons. The van der Waals surface area contributed by atoms with E-state index in [4.69, 9.17) is 4.74 Å². The van der Waals surface area contributed by atoms with Gasteiger partial charge in [0.05, 0.1) is 12.6 Å². The molecule has 0 saturated heterocycles. The zero-order valence-electron chi connectivity index (χ0n) is 11.6. The molecule has 1 unspecified atom stereocenters. The van der Waals surface area contributed by atoms with Crippen molar-refractivity contribution in [3.05, 3.63) is 53.6 Å². The van der Waals surface area contributed by atoms with Crippen molar-refractivity contribution in [2.24, 2.45) is 0 Å². The molecule has 0 aliphatic rings. The number of aryl methyl sites for hydroxylation is 1. The van der Waals surface area contributed by atoms with Gasteiger partial charge in [0.2, 0.25) is 0 Å². The first kappa shape index (κ1) is 13.5. The molecule has 0 amide bonds. The highest BCUT2D eigenvalue weighted by Crippen LogP contribution is 2.27. The summed E-state index contributed by atoms with van der Waals surface area (Å²) >= 11 is 0. The monoisotopic (exact) mass is 257 g/mol. The molecule has 1 aromatic heterocycles. The summed E-state index contributed by atoms with van der Waals surface area (Å²) in [5, 5.41) is 3.25. The van der Waals surface area contributed by atoms with Gasteiger partial charge in [-0.25, -0.2) is 9.97 Å². The van der Waals surface area contributed by atoms with Crippen molar-refractivity contribution in [1.82, 2.24) is 15.3 Å². The topological polar surface area (TPSA) is 47.0 Å². The van der Waals surface area contributed by atoms with Gasteiger partial charge in [-0.2, -0.15) is 0 Å². The minimum absolute atomic E-state index is 0.0663. The Bertz CT molecular complexity index is 525. The molecule has 4 heteroatoms. The summed E-state index contributed by atoms with van der Waals surface area (Å²) in [6, 6.07) is 7.91. The average molecular weight is 257 g/mol. The van der Waals surface area contributed by atoms with Crippen molar-refractivity contribution < 1.29 is 4.74 Å². The number of nitrogens with one attached hydrogen (secondary N) is 1. The predicted molar refractivity (Wildman–Crippen MR) is 75.3 cm³/mol. The van der Waals surface area contributed by atoms with Gasteiger partial charge in [-0.15, -0.1) is 0 Å². The molecule has 0 bridgehead atoms. The maximum Gasteiger partial charge on any atom is 0.149 e. The minimum Gasteiger partial charge on any atom is -0.494 e. The third kappa shape index (κ3) is 3.09. The van der Waals surface area contributed by atoms with Crippen LogP contribution in [0.3, 0.4) is 0 Å². The highest BCUT2D eigenvalue weighted by atomic mass is 16.5. The SMILES string of the molecule is CCOc1ccccc1C(NC)c1ncc(C)cn1. The van der Waals surface area contributed by atoms with Gasteiger partial charge in [-0.05, 0) is 32.5 Å². The standard InChI is InChI=1S/C15H19N3O/c1-4-19-13-8-6-5-7-12(13)14(16-3)15-17-9-11(2)10-18-15/h5-10,14,16H,4H2,1-3H3. The summed E-state index contributed by atoms with van der Waals surface area (Å²) in [6.45, 7) is 4.60. The molecule has 0 aliphatic heterocycles. The zero-order chi connectivity index (χ0) is 13.7. The molecule has 19 heavy (non-hydrogen) atoms. The summed E-state index contributed by atoms with van der Waals surface area (Å²) in [5.41, 5.74) is 2.10. The van der Waals surface area contributed by atoms with Crippen LogP contribution in [-0.4, -0.2) is 23.6 Å². The number of benzene rings is 1. The number of aromatic nitrogens is 2. The normalized spacial score (nSPS) is 12.2. The van der Waals surface area contributed by atoms with Crippen LogP contribution in [0.4, 0.5) is 0 Å². The first-order valence-electron chi connectivity index (χ1n) is 6.43. The van der Waals surface area contributed by atoms with Crippen molar-refractivity contribution in [2.75, 3.05) is 13.7 Å². The van der Waals surface area contributed by atoms with E-state index in [1.165, 1.54) is 0 Å². The average Bonchev–Trinajstić information content (AvgIpc) is 2.44. The van der Waals surface area contributed by atoms with Crippen LogP contribution in [0.5, 0.6) is 5.75 Å². The fourth-order valence-electron chi connectivity index (χ4n) is 1.98. The van der Waals surface area contributed by atoms with E-state index in [1.54, 1.807) is 0 Å². The van der Waals surface area contributed by atoms with Gasteiger partial charge in [-0.1, -0.05) is 18.2 Å². The first-order valence-corrected chi connectivity index (χ1v) is 6.43. The molecular weight excluding hydrogens is 238 g/mol. The van der Waals surface area contributed by atoms with Crippen molar-refractivity contribution in [2.45, 2.75) is 19.9 Å². The van der Waals surface area contributed by atoms with E-state index in [2.05, 4.69) is 15.3 Å². The second-order valence-corrected chi connectivity index (χ2v) is 4.31. The maximum absolute atomic E-state index is 5.67. The Labute approximate surface area is 113 Å². The van der Waals surface area contributed by atoms with E-state index in [0.29, 0.717) is 6.61 Å². The van der Waals surface area contributed by atoms with Crippen LogP contribution in [0, 0.1) is 6.92 Å². The number of rotatable bonds is 5. The van der Waals surface area contributed by atoms with E-state index >= 15 is 0 Å². The van der Waals surface area contributed by atoms with E-state index < -0.39 is 0 Å². The fourth-order valence-corrected chi connectivity index (χ4v) is 1.98. The van der Waals surface area contributed by atoms with Crippen molar-refractivity contribution in [3.63, 3.8) is 0 Å². The van der Waals surface area contributed by atoms with Crippen LogP contribution < -0.4 is 10.1 Å². The van der Waals surface area contributed by atoms with Gasteiger partial charge < -0.3 is 10.1 Å². The number of hydrogen-bond acceptors (Lipinski definition) is 4. The molecule has 1 aromatic carbocycles. The number of para-hydroxylation sites is 1. The predicted octanol–water partition coefficient (Wildman–Crippen LogP) is 2.49. The second kappa shape index (κ2) is 6.29. The molecule has 2 rings (SSSR count). The van der Waals surface area contributed by atoms with Gasteiger partial charge in [0, 0.05) is 18.0 Å². The molecule has 1 N–H and O–H groups in total. The lowest BCUT2D eigenvalue weighted by atomic mass is 10.0. The summed E-state index contributed by atoms with van der Waals surface area (Å²) in [5.74, 6) is 1.62. The lowest BCUT2D eigenvalue weighted by molar-refractivity contribution is 0.333. The lowest BCUT2D eigenvalue weighted by Crippen LogP contribution is -2.21. The maximum atomic E-state index is 5.67. The van der Waals surface area contributed by atoms with E-state index in [1.807, 2.05) is 57.6 Å². The Hall–Kier alpha value is -1.94. The largest absolute Gasteiger partial charge is 0.494 e. The van der Waals surface area contributed by atoms with Crippen molar-refractivity contribution >= 4 is 0 Å². The van der Waals surface area contributed by atoms with Crippen molar-refractivity contribution in [1.29, 1.82) is 0 Å². The third-order valence-corrected chi connectivity index (χ3v) is 2.88. The molecule has 4 nitrogen and oxygen atoms in total. The molecule has 1 atom stereocenters.